The molecule has 0 saturated heterocycles. The molecule has 0 aliphatic heterocycles. The zero-order chi connectivity index (χ0) is 32.2. The van der Waals surface area contributed by atoms with Crippen LogP contribution in [0.5, 0.6) is 17.4 Å². The average molecular weight is 624 g/mol. The van der Waals surface area contributed by atoms with E-state index in [4.69, 9.17) is 9.47 Å². The zero-order valence-corrected chi connectivity index (χ0v) is 27.3. The summed E-state index contributed by atoms with van der Waals surface area (Å²) in [5, 5.41) is 6.95. The Balaban J connectivity index is 1.64. The number of hydrogen-bond donors (Lipinski definition) is 3. The summed E-state index contributed by atoms with van der Waals surface area (Å²) < 4.78 is 40.2. The highest BCUT2D eigenvalue weighted by molar-refractivity contribution is 7.92. The van der Waals surface area contributed by atoms with Crippen LogP contribution in [0, 0.1) is 0 Å². The maximum absolute atomic E-state index is 13.7. The molecule has 0 saturated carbocycles. The van der Waals surface area contributed by atoms with Crippen molar-refractivity contribution in [2.75, 3.05) is 55.9 Å². The molecule has 4 aromatic rings. The molecule has 236 valence electrons. The molecular weight excluding hydrogens is 582 g/mol. The minimum absolute atomic E-state index is 0.203. The highest BCUT2D eigenvalue weighted by atomic mass is 32.2. The Morgan fingerprint density at radius 3 is 2.48 bits per heavy atom. The lowest BCUT2D eigenvalue weighted by molar-refractivity contribution is 0.101. The minimum Gasteiger partial charge on any atom is -0.492 e. The number of nitrogens with zero attached hydrogens (tertiary/aromatic N) is 4. The molecule has 12 nitrogen and oxygen atoms in total. The number of aryl methyl sites for hydroxylation is 1. The smallest absolute Gasteiger partial charge is 0.272 e. The van der Waals surface area contributed by atoms with Crippen LogP contribution in [0.2, 0.25) is 0 Å². The number of para-hydroxylation sites is 1. The predicted molar refractivity (Wildman–Crippen MR) is 175 cm³/mol. The van der Waals surface area contributed by atoms with E-state index in [-0.39, 0.29) is 16.9 Å². The minimum atomic E-state index is -3.61. The summed E-state index contributed by atoms with van der Waals surface area (Å²) >= 11 is 0. The number of fused-ring (bicyclic) bond motifs is 1. The number of carbonyl (C=O) groups excluding carboxylic acids is 1. The number of amides is 1. The highest BCUT2D eigenvalue weighted by Crippen LogP contribution is 2.40. The Kier molecular flexibility index (Phi) is 9.69. The summed E-state index contributed by atoms with van der Waals surface area (Å²) in [5.74, 6) is 1.15. The third kappa shape index (κ3) is 7.97. The fraction of sp³-hybridized carbons (Fsp3) is 0.387. The van der Waals surface area contributed by atoms with Crippen molar-refractivity contribution in [1.82, 2.24) is 19.4 Å². The van der Waals surface area contributed by atoms with E-state index in [0.29, 0.717) is 34.5 Å². The van der Waals surface area contributed by atoms with Gasteiger partial charge in [0.2, 0.25) is 21.9 Å². The number of anilines is 3. The SMILES string of the molecule is COc1c(NC(=O)c2cc3cccc(Oc4ccnc(NCCCN(C)C)n4)c3n2C)cc(C(C)(C)C)cc1NS(C)(=O)=O. The van der Waals surface area contributed by atoms with Crippen LogP contribution < -0.4 is 24.8 Å². The van der Waals surface area contributed by atoms with Crippen LogP contribution in [0.15, 0.2) is 48.7 Å². The Morgan fingerprint density at radius 1 is 1.09 bits per heavy atom. The molecule has 0 fully saturated rings. The van der Waals surface area contributed by atoms with Gasteiger partial charge in [-0.25, -0.2) is 13.4 Å². The fourth-order valence-corrected chi connectivity index (χ4v) is 5.26. The molecule has 2 aromatic heterocycles. The average Bonchev–Trinajstić information content (AvgIpc) is 3.27. The number of carbonyl (C=O) groups is 1. The van der Waals surface area contributed by atoms with Gasteiger partial charge in [-0.3, -0.25) is 9.52 Å². The van der Waals surface area contributed by atoms with Crippen molar-refractivity contribution in [2.24, 2.45) is 7.05 Å². The van der Waals surface area contributed by atoms with Crippen molar-refractivity contribution in [3.63, 3.8) is 0 Å². The molecule has 0 radical (unpaired) electrons. The maximum atomic E-state index is 13.7. The van der Waals surface area contributed by atoms with Crippen LogP contribution >= 0.6 is 0 Å². The van der Waals surface area contributed by atoms with Gasteiger partial charge in [0, 0.05) is 31.2 Å². The van der Waals surface area contributed by atoms with E-state index in [1.807, 2.05) is 53.1 Å². The van der Waals surface area contributed by atoms with E-state index in [2.05, 4.69) is 30.2 Å². The second kappa shape index (κ2) is 13.1. The first-order chi connectivity index (χ1) is 20.7. The molecule has 4 rings (SSSR count). The predicted octanol–water partition coefficient (Wildman–Crippen LogP) is 5.05. The highest BCUT2D eigenvalue weighted by Gasteiger charge is 2.24. The standard InChI is InChI=1S/C31H41N7O5S/c1-31(2,3)21-18-22(28(42-7)23(19-21)36-44(8,40)41)34-29(39)24-17-20-11-9-12-25(27(20)38(24)6)43-26-13-15-33-30(35-26)32-14-10-16-37(4)5/h9,11-13,15,17-19,36H,10,14,16H2,1-8H3,(H,34,39)(H,32,33,35). The molecule has 0 aliphatic carbocycles. The summed E-state index contributed by atoms with van der Waals surface area (Å²) in [6.45, 7) is 7.67. The largest absolute Gasteiger partial charge is 0.492 e. The Labute approximate surface area is 258 Å². The maximum Gasteiger partial charge on any atom is 0.272 e. The third-order valence-corrected chi connectivity index (χ3v) is 7.45. The molecule has 3 N–H and O–H groups in total. The Morgan fingerprint density at radius 2 is 1.82 bits per heavy atom. The van der Waals surface area contributed by atoms with Gasteiger partial charge in [0.15, 0.2) is 11.5 Å². The first-order valence-electron chi connectivity index (χ1n) is 14.2. The van der Waals surface area contributed by atoms with Crippen LogP contribution in [-0.4, -0.2) is 74.3 Å². The second-order valence-electron chi connectivity index (χ2n) is 11.9. The van der Waals surface area contributed by atoms with Crippen molar-refractivity contribution >= 4 is 44.2 Å². The first kappa shape index (κ1) is 32.6. The lowest BCUT2D eigenvalue weighted by Gasteiger charge is -2.24. The Bertz CT molecular complexity index is 1760. The van der Waals surface area contributed by atoms with E-state index >= 15 is 0 Å². The lowest BCUT2D eigenvalue weighted by atomic mass is 9.86. The number of nitrogens with one attached hydrogen (secondary N) is 3. The molecule has 2 heterocycles. The van der Waals surface area contributed by atoms with E-state index in [1.165, 1.54) is 7.11 Å². The topological polar surface area (TPSA) is 140 Å². The van der Waals surface area contributed by atoms with Crippen molar-refractivity contribution < 1.29 is 22.7 Å². The van der Waals surface area contributed by atoms with Gasteiger partial charge < -0.3 is 29.6 Å². The number of sulfonamides is 1. The van der Waals surface area contributed by atoms with Crippen molar-refractivity contribution in [1.29, 1.82) is 0 Å². The van der Waals surface area contributed by atoms with Gasteiger partial charge >= 0.3 is 0 Å². The molecule has 13 heteroatoms. The summed E-state index contributed by atoms with van der Waals surface area (Å²) in [5.41, 5.74) is 2.11. The van der Waals surface area contributed by atoms with Crippen LogP contribution in [0.4, 0.5) is 17.3 Å². The first-order valence-corrected chi connectivity index (χ1v) is 16.0. The van der Waals surface area contributed by atoms with Crippen LogP contribution in [0.3, 0.4) is 0 Å². The van der Waals surface area contributed by atoms with E-state index < -0.39 is 15.9 Å². The zero-order valence-electron chi connectivity index (χ0n) is 26.5. The summed E-state index contributed by atoms with van der Waals surface area (Å²) in [7, 11) is 3.65. The van der Waals surface area contributed by atoms with Gasteiger partial charge in [-0.15, -0.1) is 0 Å². The van der Waals surface area contributed by atoms with Crippen LogP contribution in [0.1, 0.15) is 43.2 Å². The summed E-state index contributed by atoms with van der Waals surface area (Å²) in [6, 6.07) is 12.5. The van der Waals surface area contributed by atoms with Crippen molar-refractivity contribution in [2.45, 2.75) is 32.6 Å². The lowest BCUT2D eigenvalue weighted by Crippen LogP contribution is -2.19. The molecule has 1 amide bonds. The monoisotopic (exact) mass is 623 g/mol. The summed E-state index contributed by atoms with van der Waals surface area (Å²) in [4.78, 5) is 24.6. The molecule has 0 aliphatic rings. The fourth-order valence-electron chi connectivity index (χ4n) is 4.71. The number of ether oxygens (including phenoxy) is 2. The van der Waals surface area contributed by atoms with Crippen molar-refractivity contribution in [3.8, 4) is 17.4 Å². The van der Waals surface area contributed by atoms with E-state index in [0.717, 1.165) is 36.7 Å². The Hall–Kier alpha value is -4.36. The molecule has 2 aromatic carbocycles. The number of hydrogen-bond acceptors (Lipinski definition) is 9. The number of rotatable bonds is 12. The number of benzene rings is 2. The summed E-state index contributed by atoms with van der Waals surface area (Å²) in [6.07, 6.45) is 3.64. The normalized spacial score (nSPS) is 11.9. The van der Waals surface area contributed by atoms with Gasteiger partial charge in [0.25, 0.3) is 5.91 Å². The van der Waals surface area contributed by atoms with Crippen LogP contribution in [-0.2, 0) is 22.5 Å². The van der Waals surface area contributed by atoms with Gasteiger partial charge in [-0.1, -0.05) is 32.9 Å². The molecule has 0 unspecified atom stereocenters. The van der Waals surface area contributed by atoms with Crippen molar-refractivity contribution in [3.05, 3.63) is 59.9 Å². The van der Waals surface area contributed by atoms with Gasteiger partial charge in [0.1, 0.15) is 5.69 Å². The van der Waals surface area contributed by atoms with Gasteiger partial charge in [0.05, 0.1) is 30.3 Å². The van der Waals surface area contributed by atoms with E-state index in [9.17, 15) is 13.2 Å². The number of methoxy groups -OCH3 is 1. The molecular formula is C31H41N7O5S. The van der Waals surface area contributed by atoms with Gasteiger partial charge in [-0.2, -0.15) is 4.98 Å². The molecule has 0 atom stereocenters. The second-order valence-corrected chi connectivity index (χ2v) is 13.6. The number of aromatic nitrogens is 3. The molecule has 44 heavy (non-hydrogen) atoms. The van der Waals surface area contributed by atoms with Gasteiger partial charge in [-0.05, 0) is 62.3 Å². The third-order valence-electron chi connectivity index (χ3n) is 6.86. The van der Waals surface area contributed by atoms with Crippen LogP contribution in [0.25, 0.3) is 10.9 Å². The van der Waals surface area contributed by atoms with E-state index in [1.54, 1.807) is 42.1 Å². The molecule has 0 bridgehead atoms. The quantitative estimate of drug-likeness (QED) is 0.185. The molecule has 0 spiro atoms.